The van der Waals surface area contributed by atoms with Crippen LogP contribution in [0.5, 0.6) is 0 Å². The molecule has 0 aliphatic heterocycles. The first-order chi connectivity index (χ1) is 9.81. The first-order valence-corrected chi connectivity index (χ1v) is 8.92. The van der Waals surface area contributed by atoms with Crippen molar-refractivity contribution < 1.29 is 0 Å². The van der Waals surface area contributed by atoms with Crippen LogP contribution in [0.25, 0.3) is 0 Å². The Kier molecular flexibility index (Phi) is 4.63. The number of nitrogens with one attached hydrogen (secondary N) is 1. The van der Waals surface area contributed by atoms with Crippen LogP contribution in [0.2, 0.25) is 0 Å². The molecule has 3 rings (SSSR count). The predicted molar refractivity (Wildman–Crippen MR) is 88.7 cm³/mol. The van der Waals surface area contributed by atoms with Gasteiger partial charge in [0.05, 0.1) is 11.6 Å². The number of anilines is 1. The Hall–Kier alpha value is -1.000. The number of para-hydroxylation sites is 1. The summed E-state index contributed by atoms with van der Waals surface area (Å²) in [6, 6.07) is 8.67. The van der Waals surface area contributed by atoms with Crippen LogP contribution in [0.4, 0.5) is 5.69 Å². The quantitative estimate of drug-likeness (QED) is 0.832. The molecule has 0 unspecified atom stereocenters. The van der Waals surface area contributed by atoms with Gasteiger partial charge in [-0.15, -0.1) is 23.1 Å². The van der Waals surface area contributed by atoms with Gasteiger partial charge in [-0.2, -0.15) is 0 Å². The van der Waals surface area contributed by atoms with Crippen molar-refractivity contribution in [3.05, 3.63) is 40.3 Å². The van der Waals surface area contributed by atoms with Crippen LogP contribution in [0.3, 0.4) is 0 Å². The number of thiazole rings is 1. The Morgan fingerprint density at radius 2 is 2.10 bits per heavy atom. The van der Waals surface area contributed by atoms with Crippen LogP contribution >= 0.6 is 23.1 Å². The zero-order valence-corrected chi connectivity index (χ0v) is 13.4. The van der Waals surface area contributed by atoms with Gasteiger partial charge in [-0.1, -0.05) is 25.0 Å². The van der Waals surface area contributed by atoms with Gasteiger partial charge in [0.1, 0.15) is 0 Å². The number of hydrogen-bond acceptors (Lipinski definition) is 4. The largest absolute Gasteiger partial charge is 0.379 e. The molecule has 0 spiro atoms. The number of nitrogens with zero attached hydrogens (tertiary/aromatic N) is 1. The van der Waals surface area contributed by atoms with E-state index in [-0.39, 0.29) is 0 Å². The van der Waals surface area contributed by atoms with Crippen molar-refractivity contribution in [2.45, 2.75) is 49.3 Å². The van der Waals surface area contributed by atoms with Gasteiger partial charge in [-0.25, -0.2) is 4.98 Å². The maximum absolute atomic E-state index is 4.31. The standard InChI is InChI=1S/C16H20N2S2/c1-12-17-10-14(19-12)11-18-15-8-4-5-9-16(15)20-13-6-2-3-7-13/h4-5,8-10,13,18H,2-3,6-7,11H2,1H3. The molecule has 4 heteroatoms. The maximum Gasteiger partial charge on any atom is 0.0897 e. The second kappa shape index (κ2) is 6.64. The van der Waals surface area contributed by atoms with Crippen LogP contribution in [-0.4, -0.2) is 10.2 Å². The minimum Gasteiger partial charge on any atom is -0.379 e. The average molecular weight is 304 g/mol. The zero-order chi connectivity index (χ0) is 13.8. The van der Waals surface area contributed by atoms with E-state index in [4.69, 9.17) is 0 Å². The molecule has 0 amide bonds. The van der Waals surface area contributed by atoms with Gasteiger partial charge >= 0.3 is 0 Å². The number of hydrogen-bond donors (Lipinski definition) is 1. The smallest absolute Gasteiger partial charge is 0.0897 e. The van der Waals surface area contributed by atoms with Crippen molar-refractivity contribution in [3.8, 4) is 0 Å². The second-order valence-electron chi connectivity index (χ2n) is 5.22. The Bertz CT molecular complexity index is 559. The minimum atomic E-state index is 0.809. The fourth-order valence-electron chi connectivity index (χ4n) is 2.57. The monoisotopic (exact) mass is 304 g/mol. The molecule has 0 saturated heterocycles. The van der Waals surface area contributed by atoms with Crippen LogP contribution in [0.1, 0.15) is 35.6 Å². The fourth-order valence-corrected chi connectivity index (χ4v) is 4.66. The summed E-state index contributed by atoms with van der Waals surface area (Å²) in [4.78, 5) is 6.99. The number of benzene rings is 1. The molecule has 1 heterocycles. The van der Waals surface area contributed by atoms with E-state index in [1.807, 2.05) is 18.0 Å². The maximum atomic E-state index is 4.31. The SMILES string of the molecule is Cc1ncc(CNc2ccccc2SC2CCCC2)s1. The van der Waals surface area contributed by atoms with Gasteiger partial charge in [0.15, 0.2) is 0 Å². The average Bonchev–Trinajstić information content (AvgIpc) is 3.10. The molecule has 1 N–H and O–H groups in total. The molecule has 2 aromatic rings. The number of rotatable bonds is 5. The van der Waals surface area contributed by atoms with E-state index in [9.17, 15) is 0 Å². The van der Waals surface area contributed by atoms with E-state index in [1.54, 1.807) is 11.3 Å². The van der Waals surface area contributed by atoms with Gasteiger partial charge in [-0.3, -0.25) is 0 Å². The van der Waals surface area contributed by atoms with Crippen LogP contribution < -0.4 is 5.32 Å². The molecule has 1 aliphatic rings. The third-order valence-corrected chi connectivity index (χ3v) is 5.93. The highest BCUT2D eigenvalue weighted by Crippen LogP contribution is 2.38. The van der Waals surface area contributed by atoms with E-state index in [0.29, 0.717) is 0 Å². The lowest BCUT2D eigenvalue weighted by molar-refractivity contribution is 0.886. The summed E-state index contributed by atoms with van der Waals surface area (Å²) in [5.74, 6) is 0. The van der Waals surface area contributed by atoms with Crippen molar-refractivity contribution in [2.24, 2.45) is 0 Å². The van der Waals surface area contributed by atoms with Gasteiger partial charge in [0, 0.05) is 26.9 Å². The highest BCUT2D eigenvalue weighted by molar-refractivity contribution is 8.00. The zero-order valence-electron chi connectivity index (χ0n) is 11.8. The molecule has 1 aromatic carbocycles. The fraction of sp³-hybridized carbons (Fsp3) is 0.438. The molecule has 1 fully saturated rings. The highest BCUT2D eigenvalue weighted by Gasteiger charge is 2.17. The lowest BCUT2D eigenvalue weighted by Crippen LogP contribution is -2.01. The third kappa shape index (κ3) is 3.55. The van der Waals surface area contributed by atoms with E-state index in [0.717, 1.165) is 16.8 Å². The van der Waals surface area contributed by atoms with Crippen LogP contribution in [0.15, 0.2) is 35.4 Å². The summed E-state index contributed by atoms with van der Waals surface area (Å²) in [5.41, 5.74) is 1.26. The molecule has 1 saturated carbocycles. The Morgan fingerprint density at radius 3 is 2.85 bits per heavy atom. The van der Waals surface area contributed by atoms with Crippen molar-refractivity contribution in [2.75, 3.05) is 5.32 Å². The predicted octanol–water partition coefficient (Wildman–Crippen LogP) is 5.10. The topological polar surface area (TPSA) is 24.9 Å². The molecular weight excluding hydrogens is 284 g/mol. The second-order valence-corrected chi connectivity index (χ2v) is 7.88. The summed E-state index contributed by atoms with van der Waals surface area (Å²) in [6.07, 6.45) is 7.50. The first-order valence-electron chi connectivity index (χ1n) is 7.22. The van der Waals surface area contributed by atoms with Crippen molar-refractivity contribution in [3.63, 3.8) is 0 Å². The molecular formula is C16H20N2S2. The van der Waals surface area contributed by atoms with E-state index in [2.05, 4.69) is 41.5 Å². The van der Waals surface area contributed by atoms with E-state index in [1.165, 1.54) is 41.1 Å². The number of thioether (sulfide) groups is 1. The molecule has 1 aromatic heterocycles. The summed E-state index contributed by atoms with van der Waals surface area (Å²) in [5, 5.41) is 5.51. The van der Waals surface area contributed by atoms with Gasteiger partial charge in [-0.05, 0) is 31.9 Å². The molecule has 1 aliphatic carbocycles. The molecule has 0 radical (unpaired) electrons. The third-order valence-electron chi connectivity index (χ3n) is 3.61. The molecule has 106 valence electrons. The van der Waals surface area contributed by atoms with E-state index >= 15 is 0 Å². The lowest BCUT2D eigenvalue weighted by Gasteiger charge is -2.14. The lowest BCUT2D eigenvalue weighted by atomic mass is 10.3. The summed E-state index contributed by atoms with van der Waals surface area (Å²) in [6.45, 7) is 2.92. The van der Waals surface area contributed by atoms with Crippen molar-refractivity contribution >= 4 is 28.8 Å². The normalized spacial score (nSPS) is 15.7. The Labute approximate surface area is 129 Å². The minimum absolute atomic E-state index is 0.809. The molecule has 0 bridgehead atoms. The Morgan fingerprint density at radius 1 is 1.30 bits per heavy atom. The van der Waals surface area contributed by atoms with Gasteiger partial charge in [0.2, 0.25) is 0 Å². The molecule has 0 atom stereocenters. The first kappa shape index (κ1) is 14.0. The molecule has 20 heavy (non-hydrogen) atoms. The number of aryl methyl sites for hydroxylation is 1. The van der Waals surface area contributed by atoms with Gasteiger partial charge in [0.25, 0.3) is 0 Å². The summed E-state index contributed by atoms with van der Waals surface area (Å²) in [7, 11) is 0. The summed E-state index contributed by atoms with van der Waals surface area (Å²) < 4.78 is 0. The Balaban J connectivity index is 1.65. The number of aromatic nitrogens is 1. The summed E-state index contributed by atoms with van der Waals surface area (Å²) >= 11 is 3.81. The highest BCUT2D eigenvalue weighted by atomic mass is 32.2. The van der Waals surface area contributed by atoms with Gasteiger partial charge < -0.3 is 5.32 Å². The van der Waals surface area contributed by atoms with Crippen LogP contribution in [-0.2, 0) is 6.54 Å². The van der Waals surface area contributed by atoms with Crippen molar-refractivity contribution in [1.82, 2.24) is 4.98 Å². The van der Waals surface area contributed by atoms with Crippen molar-refractivity contribution in [1.29, 1.82) is 0 Å². The molecule has 2 nitrogen and oxygen atoms in total. The van der Waals surface area contributed by atoms with E-state index < -0.39 is 0 Å². The van der Waals surface area contributed by atoms with Crippen LogP contribution in [0, 0.1) is 6.92 Å².